The quantitative estimate of drug-likeness (QED) is 0.883. The van der Waals surface area contributed by atoms with Crippen molar-refractivity contribution in [1.29, 1.82) is 0 Å². The molecule has 2 aliphatic rings. The zero-order valence-electron chi connectivity index (χ0n) is 11.7. The second-order valence-corrected chi connectivity index (χ2v) is 6.15. The van der Waals surface area contributed by atoms with E-state index in [1.807, 2.05) is 6.07 Å². The van der Waals surface area contributed by atoms with Crippen LogP contribution < -0.4 is 5.32 Å². The number of hydrogen-bond donors (Lipinski definition) is 2. The van der Waals surface area contributed by atoms with E-state index in [2.05, 4.69) is 34.5 Å². The number of nitrogens with zero attached hydrogens (tertiary/aromatic N) is 1. The molecule has 20 heavy (non-hydrogen) atoms. The van der Waals surface area contributed by atoms with Crippen LogP contribution in [0.4, 0.5) is 0 Å². The Morgan fingerprint density at radius 3 is 2.85 bits per heavy atom. The molecule has 1 aromatic carbocycles. The first-order chi connectivity index (χ1) is 9.67. The molecule has 0 aromatic heterocycles. The number of nitrogens with one attached hydrogen (secondary N) is 1. The van der Waals surface area contributed by atoms with Crippen LogP contribution in [0.15, 0.2) is 30.3 Å². The number of likely N-dealkylation sites (tertiary alicyclic amines) is 1. The summed E-state index contributed by atoms with van der Waals surface area (Å²) in [5, 5.41) is 12.5. The molecule has 2 saturated heterocycles. The van der Waals surface area contributed by atoms with E-state index in [0.29, 0.717) is 0 Å². The molecule has 108 valence electrons. The third kappa shape index (κ3) is 2.86. The van der Waals surface area contributed by atoms with Gasteiger partial charge in [-0.05, 0) is 37.8 Å². The summed E-state index contributed by atoms with van der Waals surface area (Å²) in [4.78, 5) is 13.6. The van der Waals surface area contributed by atoms with Crippen molar-refractivity contribution in [3.05, 3.63) is 35.9 Å². The van der Waals surface area contributed by atoms with Gasteiger partial charge in [0.25, 0.3) is 0 Å². The lowest BCUT2D eigenvalue weighted by atomic mass is 9.87. The minimum absolute atomic E-state index is 0.0239. The highest BCUT2D eigenvalue weighted by Gasteiger charge is 2.43. The fourth-order valence-electron chi connectivity index (χ4n) is 3.65. The molecule has 0 aliphatic carbocycles. The molecule has 2 fully saturated rings. The van der Waals surface area contributed by atoms with Crippen molar-refractivity contribution in [1.82, 2.24) is 10.2 Å². The van der Waals surface area contributed by atoms with Gasteiger partial charge in [-0.2, -0.15) is 0 Å². The van der Waals surface area contributed by atoms with E-state index in [4.69, 9.17) is 5.11 Å². The van der Waals surface area contributed by atoms with E-state index in [9.17, 15) is 4.79 Å². The van der Waals surface area contributed by atoms with Crippen molar-refractivity contribution in [2.24, 2.45) is 0 Å². The summed E-state index contributed by atoms with van der Waals surface area (Å²) in [6.45, 7) is 3.03. The van der Waals surface area contributed by atoms with E-state index in [1.165, 1.54) is 5.56 Å². The van der Waals surface area contributed by atoms with Crippen LogP contribution in [-0.2, 0) is 11.3 Å². The topological polar surface area (TPSA) is 52.6 Å². The van der Waals surface area contributed by atoms with Gasteiger partial charge in [-0.1, -0.05) is 30.3 Å². The molecule has 2 heterocycles. The highest BCUT2D eigenvalue weighted by atomic mass is 16.4. The van der Waals surface area contributed by atoms with Gasteiger partial charge >= 0.3 is 5.97 Å². The lowest BCUT2D eigenvalue weighted by Gasteiger charge is -2.41. The molecule has 0 bridgehead atoms. The highest BCUT2D eigenvalue weighted by Crippen LogP contribution is 2.32. The number of hydrogen-bond acceptors (Lipinski definition) is 3. The van der Waals surface area contributed by atoms with Gasteiger partial charge < -0.3 is 5.11 Å². The van der Waals surface area contributed by atoms with Gasteiger partial charge in [0.1, 0.15) is 6.04 Å². The van der Waals surface area contributed by atoms with Crippen LogP contribution >= 0.6 is 0 Å². The molecular weight excluding hydrogens is 252 g/mol. The summed E-state index contributed by atoms with van der Waals surface area (Å²) in [6.07, 6.45) is 3.98. The van der Waals surface area contributed by atoms with Gasteiger partial charge in [0, 0.05) is 18.6 Å². The molecule has 1 aromatic rings. The first-order valence-electron chi connectivity index (χ1n) is 7.44. The Kier molecular flexibility index (Phi) is 3.76. The van der Waals surface area contributed by atoms with Gasteiger partial charge in [-0.25, -0.2) is 0 Å². The predicted molar refractivity (Wildman–Crippen MR) is 77.5 cm³/mol. The molecule has 0 amide bonds. The standard InChI is InChI=1S/C16H22N2O2/c19-15(20)14-7-9-16(17-14)8-4-10-18(12-16)11-13-5-2-1-3-6-13/h1-3,5-6,14,17H,4,7-12H2,(H,19,20). The lowest BCUT2D eigenvalue weighted by Crippen LogP contribution is -2.55. The molecule has 2 N–H and O–H groups in total. The molecule has 2 aliphatic heterocycles. The number of benzene rings is 1. The van der Waals surface area contributed by atoms with Gasteiger partial charge in [-0.3, -0.25) is 15.0 Å². The summed E-state index contributed by atoms with van der Waals surface area (Å²) in [5.74, 6) is -0.706. The van der Waals surface area contributed by atoms with E-state index in [1.54, 1.807) is 0 Å². The van der Waals surface area contributed by atoms with Crippen LogP contribution in [0.2, 0.25) is 0 Å². The highest BCUT2D eigenvalue weighted by molar-refractivity contribution is 5.74. The molecule has 3 rings (SSSR count). The van der Waals surface area contributed by atoms with Crippen molar-refractivity contribution in [3.63, 3.8) is 0 Å². The zero-order valence-corrected chi connectivity index (χ0v) is 11.7. The van der Waals surface area contributed by atoms with Crippen LogP contribution in [0.5, 0.6) is 0 Å². The fraction of sp³-hybridized carbons (Fsp3) is 0.562. The number of piperidine rings is 1. The number of carbonyl (C=O) groups is 1. The van der Waals surface area contributed by atoms with E-state index < -0.39 is 5.97 Å². The molecule has 1 spiro atoms. The van der Waals surface area contributed by atoms with Gasteiger partial charge in [0.05, 0.1) is 0 Å². The number of carboxylic acids is 1. The van der Waals surface area contributed by atoms with Crippen molar-refractivity contribution in [2.75, 3.05) is 13.1 Å². The van der Waals surface area contributed by atoms with Crippen molar-refractivity contribution < 1.29 is 9.90 Å². The largest absolute Gasteiger partial charge is 0.480 e. The van der Waals surface area contributed by atoms with Crippen molar-refractivity contribution in [2.45, 2.75) is 43.8 Å². The lowest BCUT2D eigenvalue weighted by molar-refractivity contribution is -0.139. The van der Waals surface area contributed by atoms with Crippen molar-refractivity contribution >= 4 is 5.97 Å². The van der Waals surface area contributed by atoms with Gasteiger partial charge in [-0.15, -0.1) is 0 Å². The van der Waals surface area contributed by atoms with Crippen LogP contribution in [-0.4, -0.2) is 40.6 Å². The Labute approximate surface area is 119 Å². The van der Waals surface area contributed by atoms with Crippen LogP contribution in [0, 0.1) is 0 Å². The van der Waals surface area contributed by atoms with Crippen LogP contribution in [0.25, 0.3) is 0 Å². The number of rotatable bonds is 3. The molecule has 0 saturated carbocycles. The summed E-state index contributed by atoms with van der Waals surface area (Å²) in [5.41, 5.74) is 1.35. The first-order valence-corrected chi connectivity index (χ1v) is 7.44. The number of carboxylic acid groups (broad SMARTS) is 1. The summed E-state index contributed by atoms with van der Waals surface area (Å²) in [7, 11) is 0. The summed E-state index contributed by atoms with van der Waals surface area (Å²) in [6, 6.07) is 10.1. The SMILES string of the molecule is O=C(O)C1CCC2(CCCN(Cc3ccccc3)C2)N1. The number of aliphatic carboxylic acids is 1. The van der Waals surface area contributed by atoms with Crippen LogP contribution in [0.3, 0.4) is 0 Å². The average molecular weight is 274 g/mol. The Hall–Kier alpha value is -1.39. The molecule has 4 heteroatoms. The minimum Gasteiger partial charge on any atom is -0.480 e. The van der Waals surface area contributed by atoms with Crippen molar-refractivity contribution in [3.8, 4) is 0 Å². The maximum atomic E-state index is 11.1. The second kappa shape index (κ2) is 5.54. The molecule has 4 nitrogen and oxygen atoms in total. The third-order valence-corrected chi connectivity index (χ3v) is 4.60. The zero-order chi connectivity index (χ0) is 14.0. The maximum Gasteiger partial charge on any atom is 0.320 e. The van der Waals surface area contributed by atoms with Gasteiger partial charge in [0.2, 0.25) is 0 Å². The fourth-order valence-corrected chi connectivity index (χ4v) is 3.65. The first kappa shape index (κ1) is 13.6. The summed E-state index contributed by atoms with van der Waals surface area (Å²) < 4.78 is 0. The Bertz CT molecular complexity index is 477. The maximum absolute atomic E-state index is 11.1. The Morgan fingerprint density at radius 2 is 2.15 bits per heavy atom. The smallest absolute Gasteiger partial charge is 0.320 e. The monoisotopic (exact) mass is 274 g/mol. The predicted octanol–water partition coefficient (Wildman–Crippen LogP) is 1.86. The van der Waals surface area contributed by atoms with Crippen LogP contribution in [0.1, 0.15) is 31.2 Å². The Morgan fingerprint density at radius 1 is 1.35 bits per heavy atom. The van der Waals surface area contributed by atoms with E-state index in [0.717, 1.165) is 45.3 Å². The molecule has 0 radical (unpaired) electrons. The Balaban J connectivity index is 1.64. The second-order valence-electron chi connectivity index (χ2n) is 6.15. The molecule has 2 unspecified atom stereocenters. The molecule has 2 atom stereocenters. The van der Waals surface area contributed by atoms with E-state index in [-0.39, 0.29) is 11.6 Å². The molecular formula is C16H22N2O2. The normalized spacial score (nSPS) is 30.7. The summed E-state index contributed by atoms with van der Waals surface area (Å²) >= 11 is 0. The van der Waals surface area contributed by atoms with E-state index >= 15 is 0 Å². The minimum atomic E-state index is -0.706. The average Bonchev–Trinajstić information content (AvgIpc) is 2.84. The van der Waals surface area contributed by atoms with Gasteiger partial charge in [0.15, 0.2) is 0 Å². The third-order valence-electron chi connectivity index (χ3n) is 4.60.